The zero-order valence-electron chi connectivity index (χ0n) is 14.4. The molecule has 0 saturated carbocycles. The minimum atomic E-state index is -0.295. The predicted molar refractivity (Wildman–Crippen MR) is 102 cm³/mol. The van der Waals surface area contributed by atoms with Crippen LogP contribution < -0.4 is 15.4 Å². The molecule has 2 N–H and O–H groups in total. The Balaban J connectivity index is 1.86. The van der Waals surface area contributed by atoms with Crippen molar-refractivity contribution in [1.82, 2.24) is 5.32 Å². The van der Waals surface area contributed by atoms with Crippen molar-refractivity contribution in [1.29, 1.82) is 0 Å². The Morgan fingerprint density at radius 1 is 1.00 bits per heavy atom. The topological polar surface area (TPSA) is 50.4 Å². The van der Waals surface area contributed by atoms with Crippen molar-refractivity contribution in [2.24, 2.45) is 0 Å². The summed E-state index contributed by atoms with van der Waals surface area (Å²) in [6.45, 7) is 7.90. The highest BCUT2D eigenvalue weighted by molar-refractivity contribution is 7.80. The zero-order valence-corrected chi connectivity index (χ0v) is 15.2. The summed E-state index contributed by atoms with van der Waals surface area (Å²) in [5, 5.41) is 5.90. The van der Waals surface area contributed by atoms with E-state index in [0.717, 1.165) is 27.9 Å². The normalized spacial score (nSPS) is 10.2. The van der Waals surface area contributed by atoms with Crippen LogP contribution in [0.15, 0.2) is 36.4 Å². The van der Waals surface area contributed by atoms with E-state index in [1.54, 1.807) is 0 Å². The Kier molecular flexibility index (Phi) is 5.93. The molecule has 0 radical (unpaired) electrons. The third kappa shape index (κ3) is 5.35. The van der Waals surface area contributed by atoms with Gasteiger partial charge in [0, 0.05) is 5.69 Å². The van der Waals surface area contributed by atoms with E-state index in [2.05, 4.69) is 16.7 Å². The second-order valence-electron chi connectivity index (χ2n) is 5.94. The van der Waals surface area contributed by atoms with Crippen molar-refractivity contribution >= 4 is 28.9 Å². The van der Waals surface area contributed by atoms with E-state index >= 15 is 0 Å². The first-order valence-corrected chi connectivity index (χ1v) is 8.13. The fourth-order valence-corrected chi connectivity index (χ4v) is 2.71. The van der Waals surface area contributed by atoms with Crippen LogP contribution in [-0.4, -0.2) is 17.6 Å². The molecule has 0 heterocycles. The molecule has 0 aromatic heterocycles. The molecule has 2 aromatic carbocycles. The van der Waals surface area contributed by atoms with Gasteiger partial charge in [0.25, 0.3) is 5.91 Å². The van der Waals surface area contributed by atoms with E-state index < -0.39 is 0 Å². The highest BCUT2D eigenvalue weighted by Crippen LogP contribution is 2.18. The molecule has 0 spiro atoms. The van der Waals surface area contributed by atoms with Gasteiger partial charge in [-0.1, -0.05) is 23.8 Å². The minimum Gasteiger partial charge on any atom is -0.483 e. The first kappa shape index (κ1) is 17.9. The lowest BCUT2D eigenvalue weighted by atomic mass is 10.1. The van der Waals surface area contributed by atoms with E-state index in [0.29, 0.717) is 5.75 Å². The molecule has 0 fully saturated rings. The lowest BCUT2D eigenvalue weighted by Crippen LogP contribution is -2.37. The highest BCUT2D eigenvalue weighted by Gasteiger charge is 2.08. The smallest absolute Gasteiger partial charge is 0.264 e. The Hall–Kier alpha value is -2.40. The molecule has 0 atom stereocenters. The maximum Gasteiger partial charge on any atom is 0.264 e. The molecular weight excluding hydrogens is 320 g/mol. The number of amides is 1. The minimum absolute atomic E-state index is 0.0848. The van der Waals surface area contributed by atoms with Gasteiger partial charge in [0.05, 0.1) is 0 Å². The third-order valence-electron chi connectivity index (χ3n) is 3.42. The molecule has 0 aliphatic heterocycles. The molecular formula is C19H22N2O2S. The van der Waals surface area contributed by atoms with Crippen LogP contribution >= 0.6 is 12.2 Å². The van der Waals surface area contributed by atoms with Gasteiger partial charge in [-0.25, -0.2) is 0 Å². The van der Waals surface area contributed by atoms with E-state index in [1.807, 2.05) is 58.0 Å². The second-order valence-corrected chi connectivity index (χ2v) is 6.34. The Bertz CT molecular complexity index is 752. The van der Waals surface area contributed by atoms with Crippen LogP contribution in [-0.2, 0) is 4.79 Å². The molecule has 4 nitrogen and oxygen atoms in total. The SMILES string of the molecule is Cc1cc(C)cc(NC(=S)NC(=O)COc2ccc(C)cc2C)c1. The van der Waals surface area contributed by atoms with Crippen LogP contribution in [0.2, 0.25) is 0 Å². The number of anilines is 1. The summed E-state index contributed by atoms with van der Waals surface area (Å²) in [4.78, 5) is 12.0. The number of ether oxygens (including phenoxy) is 1. The van der Waals surface area contributed by atoms with E-state index in [1.165, 1.54) is 0 Å². The van der Waals surface area contributed by atoms with Crippen LogP contribution in [0.3, 0.4) is 0 Å². The number of benzene rings is 2. The maximum atomic E-state index is 12.0. The summed E-state index contributed by atoms with van der Waals surface area (Å²) in [6.07, 6.45) is 0. The van der Waals surface area contributed by atoms with Gasteiger partial charge in [-0.2, -0.15) is 0 Å². The molecule has 0 unspecified atom stereocenters. The van der Waals surface area contributed by atoms with Crippen molar-refractivity contribution in [2.75, 3.05) is 11.9 Å². The lowest BCUT2D eigenvalue weighted by molar-refractivity contribution is -0.121. The molecule has 24 heavy (non-hydrogen) atoms. The van der Waals surface area contributed by atoms with Crippen molar-refractivity contribution in [3.8, 4) is 5.75 Å². The average molecular weight is 342 g/mol. The molecule has 2 aromatic rings. The number of rotatable bonds is 4. The average Bonchev–Trinajstić information content (AvgIpc) is 2.44. The van der Waals surface area contributed by atoms with Crippen molar-refractivity contribution < 1.29 is 9.53 Å². The van der Waals surface area contributed by atoms with Crippen LogP contribution in [0.1, 0.15) is 22.3 Å². The lowest BCUT2D eigenvalue weighted by Gasteiger charge is -2.12. The van der Waals surface area contributed by atoms with Crippen LogP contribution in [0.25, 0.3) is 0 Å². The molecule has 2 rings (SSSR count). The van der Waals surface area contributed by atoms with Gasteiger partial charge in [-0.05, 0) is 74.8 Å². The molecule has 0 aliphatic carbocycles. The number of aryl methyl sites for hydroxylation is 4. The van der Waals surface area contributed by atoms with Gasteiger partial charge < -0.3 is 10.1 Å². The number of nitrogens with one attached hydrogen (secondary N) is 2. The van der Waals surface area contributed by atoms with E-state index in [-0.39, 0.29) is 17.6 Å². The number of thiocarbonyl (C=S) groups is 1. The van der Waals surface area contributed by atoms with Gasteiger partial charge in [-0.3, -0.25) is 10.1 Å². The first-order chi connectivity index (χ1) is 11.3. The van der Waals surface area contributed by atoms with Gasteiger partial charge in [0.15, 0.2) is 11.7 Å². The Labute approximate surface area is 148 Å². The van der Waals surface area contributed by atoms with Crippen molar-refractivity contribution in [3.63, 3.8) is 0 Å². The van der Waals surface area contributed by atoms with Crippen molar-refractivity contribution in [3.05, 3.63) is 58.7 Å². The van der Waals surface area contributed by atoms with Gasteiger partial charge in [0.1, 0.15) is 5.75 Å². The number of carbonyl (C=O) groups is 1. The standard InChI is InChI=1S/C19H22N2O2S/c1-12-5-6-17(15(4)8-12)23-11-18(22)21-19(24)20-16-9-13(2)7-14(3)10-16/h5-10H,11H2,1-4H3,(H2,20,21,22,24). The molecule has 5 heteroatoms. The van der Waals surface area contributed by atoms with Gasteiger partial charge in [0.2, 0.25) is 0 Å². The quantitative estimate of drug-likeness (QED) is 0.830. The fraction of sp³-hybridized carbons (Fsp3) is 0.263. The summed E-state index contributed by atoms with van der Waals surface area (Å²) in [5.74, 6) is 0.404. The fourth-order valence-electron chi connectivity index (χ4n) is 2.48. The molecule has 1 amide bonds. The largest absolute Gasteiger partial charge is 0.483 e. The number of hydrogen-bond donors (Lipinski definition) is 2. The maximum absolute atomic E-state index is 12.0. The van der Waals surface area contributed by atoms with Gasteiger partial charge in [-0.15, -0.1) is 0 Å². The van der Waals surface area contributed by atoms with Crippen molar-refractivity contribution in [2.45, 2.75) is 27.7 Å². The molecule has 0 saturated heterocycles. The number of hydrogen-bond acceptors (Lipinski definition) is 3. The van der Waals surface area contributed by atoms with E-state index in [9.17, 15) is 4.79 Å². The first-order valence-electron chi connectivity index (χ1n) is 7.72. The molecule has 126 valence electrons. The summed E-state index contributed by atoms with van der Waals surface area (Å²) >= 11 is 5.17. The summed E-state index contributed by atoms with van der Waals surface area (Å²) < 4.78 is 5.54. The van der Waals surface area contributed by atoms with Crippen LogP contribution in [0, 0.1) is 27.7 Å². The Morgan fingerprint density at radius 2 is 1.67 bits per heavy atom. The van der Waals surface area contributed by atoms with E-state index in [4.69, 9.17) is 17.0 Å². The van der Waals surface area contributed by atoms with Gasteiger partial charge >= 0.3 is 0 Å². The molecule has 0 aliphatic rings. The van der Waals surface area contributed by atoms with Crippen LogP contribution in [0.4, 0.5) is 5.69 Å². The summed E-state index contributed by atoms with van der Waals surface area (Å²) in [6, 6.07) is 11.8. The monoisotopic (exact) mass is 342 g/mol. The summed E-state index contributed by atoms with van der Waals surface area (Å²) in [7, 11) is 0. The zero-order chi connectivity index (χ0) is 17.7. The Morgan fingerprint density at radius 3 is 2.29 bits per heavy atom. The summed E-state index contributed by atoms with van der Waals surface area (Å²) in [5.41, 5.74) is 5.27. The highest BCUT2D eigenvalue weighted by atomic mass is 32.1. The van der Waals surface area contributed by atoms with Crippen LogP contribution in [0.5, 0.6) is 5.75 Å². The second kappa shape index (κ2) is 7.93. The number of carbonyl (C=O) groups excluding carboxylic acids is 1. The predicted octanol–water partition coefficient (Wildman–Crippen LogP) is 3.81. The molecule has 0 bridgehead atoms. The third-order valence-corrected chi connectivity index (χ3v) is 3.63.